The van der Waals surface area contributed by atoms with E-state index in [1.54, 1.807) is 21.1 Å². The van der Waals surface area contributed by atoms with Gasteiger partial charge in [-0.05, 0) is 12.7 Å². The number of hydrogen-bond acceptors (Lipinski definition) is 7. The molecule has 0 amide bonds. The van der Waals surface area contributed by atoms with Crippen molar-refractivity contribution < 1.29 is 72.2 Å². The third-order valence-electron chi connectivity index (χ3n) is 2.69. The predicted octanol–water partition coefficient (Wildman–Crippen LogP) is 3.44. The molecule has 10 heteroatoms. The lowest BCUT2D eigenvalue weighted by atomic mass is 10.2. The average molecular weight is 477 g/mol. The summed E-state index contributed by atoms with van der Waals surface area (Å²) in [7, 11) is -0.144. The minimum atomic E-state index is -5.14. The number of phosphoric ester groups is 1. The Kier molecular flexibility index (Phi) is 4.78. The van der Waals surface area contributed by atoms with Gasteiger partial charge in [-0.2, -0.15) is 0 Å². The first-order chi connectivity index (χ1) is 22.3. The van der Waals surface area contributed by atoms with E-state index >= 15 is 0 Å². The van der Waals surface area contributed by atoms with Crippen LogP contribution in [0, 0.1) is 0 Å². The van der Waals surface area contributed by atoms with Crippen LogP contribution in [-0.4, -0.2) is 74.9 Å². The molecule has 2 atom stereocenters. The topological polar surface area (TPSA) is 108 Å². The molecule has 0 spiro atoms. The lowest BCUT2D eigenvalue weighted by Crippen LogP contribution is -2.37. The van der Waals surface area contributed by atoms with E-state index in [2.05, 4.69) is 14.0 Å². The summed E-state index contributed by atoms with van der Waals surface area (Å²) < 4.78 is 200. The van der Waals surface area contributed by atoms with E-state index < -0.39 is 110 Å². The molecule has 0 heterocycles. The highest BCUT2D eigenvalue weighted by Crippen LogP contribution is 2.43. The highest BCUT2D eigenvalue weighted by atomic mass is 31.2. The SMILES string of the molecule is [2H]C([2H])([2H])C([2H])([2H])C([2H])([2H])C([2H])([2H])C([2H])([2H])C(=O)OC[C@H](COP(=O)(O)OCC[N+](C)(C)C)OC(=O)C([2H])([2H])C([2H])([2H])C([2H])([2H])C([2H])([2H])C([2H])([2H])[2H]. The second-order valence-corrected chi connectivity index (χ2v) is 7.69. The van der Waals surface area contributed by atoms with Gasteiger partial charge in [-0.3, -0.25) is 18.6 Å². The molecule has 0 aliphatic carbocycles. The van der Waals surface area contributed by atoms with E-state index in [9.17, 15) is 19.0 Å². The second-order valence-electron chi connectivity index (χ2n) is 6.24. The van der Waals surface area contributed by atoms with Gasteiger partial charge >= 0.3 is 19.8 Å². The van der Waals surface area contributed by atoms with Crippen molar-refractivity contribution in [3.8, 4) is 0 Å². The summed E-state index contributed by atoms with van der Waals surface area (Å²) in [4.78, 5) is 35.8. The molecule has 30 heavy (non-hydrogen) atoms. The molecule has 0 saturated heterocycles. The van der Waals surface area contributed by atoms with Gasteiger partial charge in [-0.15, -0.1) is 0 Å². The summed E-state index contributed by atoms with van der Waals surface area (Å²) in [5, 5.41) is 0. The Morgan fingerprint density at radius 1 is 1.00 bits per heavy atom. The minimum Gasteiger partial charge on any atom is -0.462 e. The molecule has 178 valence electrons. The molecular weight excluding hydrogens is 413 g/mol. The van der Waals surface area contributed by atoms with Crippen molar-refractivity contribution in [3.63, 3.8) is 0 Å². The van der Waals surface area contributed by atoms with Crippen LogP contribution in [0.2, 0.25) is 0 Å². The van der Waals surface area contributed by atoms with Gasteiger partial charge in [-0.1, -0.05) is 39.2 Å². The Bertz CT molecular complexity index is 1330. The van der Waals surface area contributed by atoms with E-state index in [-0.39, 0.29) is 11.0 Å². The van der Waals surface area contributed by atoms with E-state index in [1.807, 2.05) is 0 Å². The van der Waals surface area contributed by atoms with Gasteiger partial charge in [0.1, 0.15) is 19.8 Å². The summed E-state index contributed by atoms with van der Waals surface area (Å²) in [5.74, 6) is -4.93. The van der Waals surface area contributed by atoms with E-state index in [0.29, 0.717) is 0 Å². The predicted molar refractivity (Wildman–Crippen MR) is 114 cm³/mol. The minimum absolute atomic E-state index is 0.106. The lowest BCUT2D eigenvalue weighted by Gasteiger charge is -2.24. The van der Waals surface area contributed by atoms with Crippen LogP contribution in [0.25, 0.3) is 0 Å². The van der Waals surface area contributed by atoms with E-state index in [4.69, 9.17) is 34.7 Å². The van der Waals surface area contributed by atoms with Crippen LogP contribution in [0.3, 0.4) is 0 Å². The zero-order chi connectivity index (χ0) is 42.4. The summed E-state index contributed by atoms with van der Waals surface area (Å²) in [6, 6.07) is 0. The Hall–Kier alpha value is -0.990. The van der Waals surface area contributed by atoms with Crippen LogP contribution in [0.4, 0.5) is 0 Å². The van der Waals surface area contributed by atoms with Gasteiger partial charge in [0.25, 0.3) is 0 Å². The van der Waals surface area contributed by atoms with Crippen LogP contribution in [0.15, 0.2) is 0 Å². The quantitative estimate of drug-likeness (QED) is 0.182. The Balaban J connectivity index is 6.69. The molecule has 0 fully saturated rings. The number of likely N-dealkylation sites (N-methyl/N-ethyl adjacent to an activating group) is 1. The van der Waals surface area contributed by atoms with Crippen molar-refractivity contribution in [2.45, 2.75) is 70.8 Å². The van der Waals surface area contributed by atoms with Crippen molar-refractivity contribution in [3.05, 3.63) is 0 Å². The summed E-state index contributed by atoms with van der Waals surface area (Å²) in [6.07, 6.45) is -36.8. The standard InChI is InChI=1S/C20H40NO8P/c1-6-8-10-12-19(22)26-16-18(29-20(23)13-11-9-7-2)17-28-30(24,25)27-15-14-21(3,4)5/h18H,6-17H2,1-5H3/p+1/t18-/m1/s1/i1D3,2D3,6D2,7D2,8D2,9D2,10D2,11D2,12D2,13D2. The van der Waals surface area contributed by atoms with Crippen molar-refractivity contribution >= 4 is 19.8 Å². The van der Waals surface area contributed by atoms with Crippen LogP contribution in [-0.2, 0) is 32.7 Å². The molecule has 0 aromatic carbocycles. The molecule has 0 rings (SSSR count). The third kappa shape index (κ3) is 17.8. The summed E-state index contributed by atoms with van der Waals surface area (Å²) in [6.45, 7) is -11.3. The van der Waals surface area contributed by atoms with Crippen molar-refractivity contribution in [2.75, 3.05) is 47.5 Å². The molecule has 0 saturated carbocycles. The van der Waals surface area contributed by atoms with Gasteiger partial charge in [-0.25, -0.2) is 4.57 Å². The molecule has 0 aliphatic heterocycles. The fraction of sp³-hybridized carbons (Fsp3) is 0.900. The first-order valence-electron chi connectivity index (χ1n) is 19.1. The number of nitrogens with zero attached hydrogens (tertiary/aromatic N) is 1. The third-order valence-corrected chi connectivity index (χ3v) is 3.68. The maximum Gasteiger partial charge on any atom is 0.472 e. The number of rotatable bonds is 18. The molecule has 0 radical (unpaired) electrons. The Morgan fingerprint density at radius 2 is 1.60 bits per heavy atom. The molecule has 1 N–H and O–H groups in total. The van der Waals surface area contributed by atoms with Crippen LogP contribution < -0.4 is 0 Å². The second kappa shape index (κ2) is 15.8. The number of carbonyl (C=O) groups is 2. The molecular formula is C20H41NO8P+. The fourth-order valence-electron chi connectivity index (χ4n) is 1.37. The summed E-state index contributed by atoms with van der Waals surface area (Å²) in [5.41, 5.74) is 0. The number of ether oxygens (including phenoxy) is 2. The number of quaternary nitrogens is 1. The van der Waals surface area contributed by atoms with Crippen molar-refractivity contribution in [1.82, 2.24) is 0 Å². The zero-order valence-electron chi connectivity index (χ0n) is 38.6. The van der Waals surface area contributed by atoms with Gasteiger partial charge in [0, 0.05) is 42.9 Å². The number of hydrogen-bond donors (Lipinski definition) is 1. The lowest BCUT2D eigenvalue weighted by molar-refractivity contribution is -0.870. The van der Waals surface area contributed by atoms with Gasteiger partial charge in [0.05, 0.1) is 27.7 Å². The fourth-order valence-corrected chi connectivity index (χ4v) is 2.11. The molecule has 0 aliphatic rings. The normalized spacial score (nSPS) is 30.3. The van der Waals surface area contributed by atoms with Crippen LogP contribution >= 0.6 is 7.82 Å². The van der Waals surface area contributed by atoms with Crippen LogP contribution in [0.1, 0.15) is 94.8 Å². The van der Waals surface area contributed by atoms with E-state index in [1.165, 1.54) is 0 Å². The smallest absolute Gasteiger partial charge is 0.462 e. The van der Waals surface area contributed by atoms with Crippen molar-refractivity contribution in [1.29, 1.82) is 0 Å². The first-order valence-corrected chi connectivity index (χ1v) is 9.64. The molecule has 9 nitrogen and oxygen atoms in total. The van der Waals surface area contributed by atoms with Gasteiger partial charge in [0.15, 0.2) is 6.10 Å². The van der Waals surface area contributed by atoms with Crippen molar-refractivity contribution in [2.24, 2.45) is 0 Å². The molecule has 1 unspecified atom stereocenters. The first kappa shape index (κ1) is 9.10. The highest BCUT2D eigenvalue weighted by molar-refractivity contribution is 7.47. The molecule has 0 bridgehead atoms. The van der Waals surface area contributed by atoms with E-state index in [0.717, 1.165) is 0 Å². The average Bonchev–Trinajstić information content (AvgIpc) is 2.91. The van der Waals surface area contributed by atoms with Gasteiger partial charge < -0.3 is 18.9 Å². The largest absolute Gasteiger partial charge is 0.472 e. The zero-order valence-corrected chi connectivity index (χ0v) is 17.5. The van der Waals surface area contributed by atoms with Gasteiger partial charge in [0.2, 0.25) is 0 Å². The number of phosphoric acid groups is 1. The number of carbonyl (C=O) groups excluding carboxylic acids is 2. The maximum atomic E-state index is 13.0. The monoisotopic (exact) mass is 476 g/mol. The maximum absolute atomic E-state index is 13.0. The Labute approximate surface area is 212 Å². The Morgan fingerprint density at radius 3 is 2.17 bits per heavy atom. The van der Waals surface area contributed by atoms with Crippen LogP contribution in [0.5, 0.6) is 0 Å². The molecule has 0 aromatic heterocycles. The summed E-state index contributed by atoms with van der Waals surface area (Å²) >= 11 is 0. The number of esters is 2. The molecule has 0 aromatic rings. The highest BCUT2D eigenvalue weighted by Gasteiger charge is 2.26.